The molecule has 0 spiro atoms. The Kier molecular flexibility index (Phi) is 2.98. The average Bonchev–Trinajstić information content (AvgIpc) is 3.03. The first-order valence-electron chi connectivity index (χ1n) is 6.17. The summed E-state index contributed by atoms with van der Waals surface area (Å²) >= 11 is 0. The zero-order valence-corrected chi connectivity index (χ0v) is 10.3. The zero-order chi connectivity index (χ0) is 12.4. The summed E-state index contributed by atoms with van der Waals surface area (Å²) in [6, 6.07) is 6.23. The van der Waals surface area contributed by atoms with Crippen LogP contribution >= 0.6 is 0 Å². The molecule has 2 aromatic heterocycles. The van der Waals surface area contributed by atoms with Crippen LogP contribution in [0.3, 0.4) is 0 Å². The van der Waals surface area contributed by atoms with Crippen molar-refractivity contribution in [2.45, 2.75) is 25.5 Å². The fourth-order valence-electron chi connectivity index (χ4n) is 2.15. The molecule has 0 amide bonds. The molecule has 0 aromatic carbocycles. The smallest absolute Gasteiger partial charge is 0.153 e. The van der Waals surface area contributed by atoms with Gasteiger partial charge in [-0.25, -0.2) is 9.67 Å². The van der Waals surface area contributed by atoms with E-state index in [1.54, 1.807) is 10.9 Å². The van der Waals surface area contributed by atoms with Crippen LogP contribution in [0.1, 0.15) is 13.3 Å². The highest BCUT2D eigenvalue weighted by Crippen LogP contribution is 2.18. The van der Waals surface area contributed by atoms with E-state index in [1.165, 1.54) is 0 Å². The summed E-state index contributed by atoms with van der Waals surface area (Å²) in [5.41, 5.74) is 1.02. The van der Waals surface area contributed by atoms with Crippen molar-refractivity contribution < 1.29 is 4.74 Å². The molecule has 0 saturated carbocycles. The van der Waals surface area contributed by atoms with Gasteiger partial charge in [0.2, 0.25) is 0 Å². The predicted molar refractivity (Wildman–Crippen MR) is 68.8 cm³/mol. The van der Waals surface area contributed by atoms with Gasteiger partial charge in [-0.3, -0.25) is 0 Å². The summed E-state index contributed by atoms with van der Waals surface area (Å²) in [5.74, 6) is 0.821. The van der Waals surface area contributed by atoms with Crippen LogP contribution in [0.5, 0.6) is 0 Å². The Labute approximate surface area is 106 Å². The lowest BCUT2D eigenvalue weighted by Crippen LogP contribution is -2.26. The summed E-state index contributed by atoms with van der Waals surface area (Å²) in [4.78, 5) is 4.39. The fraction of sp³-hybridized carbons (Fsp3) is 0.385. The summed E-state index contributed by atoms with van der Waals surface area (Å²) < 4.78 is 7.26. The van der Waals surface area contributed by atoms with Gasteiger partial charge in [0, 0.05) is 19.0 Å². The van der Waals surface area contributed by atoms with E-state index in [-0.39, 0.29) is 6.10 Å². The number of ether oxygens (including phenoxy) is 1. The van der Waals surface area contributed by atoms with Gasteiger partial charge in [0.05, 0.1) is 24.0 Å². The summed E-state index contributed by atoms with van der Waals surface area (Å²) in [5, 5.41) is 7.59. The molecule has 1 saturated heterocycles. The minimum Gasteiger partial charge on any atom is -0.378 e. The summed E-state index contributed by atoms with van der Waals surface area (Å²) in [6.07, 6.45) is 6.76. The van der Waals surface area contributed by atoms with Gasteiger partial charge in [-0.05, 0) is 31.5 Å². The number of nitrogens with zero attached hydrogens (tertiary/aromatic N) is 3. The van der Waals surface area contributed by atoms with Crippen molar-refractivity contribution in [3.05, 3.63) is 36.8 Å². The maximum Gasteiger partial charge on any atom is 0.153 e. The lowest BCUT2D eigenvalue weighted by molar-refractivity contribution is 0.121. The Morgan fingerprint density at radius 3 is 3.00 bits per heavy atom. The van der Waals surface area contributed by atoms with E-state index in [2.05, 4.69) is 22.3 Å². The molecule has 1 N–H and O–H groups in total. The van der Waals surface area contributed by atoms with Gasteiger partial charge in [-0.15, -0.1) is 0 Å². The molecule has 1 fully saturated rings. The molecule has 94 valence electrons. The van der Waals surface area contributed by atoms with E-state index in [0.29, 0.717) is 6.04 Å². The monoisotopic (exact) mass is 244 g/mol. The van der Waals surface area contributed by atoms with Crippen molar-refractivity contribution in [2.24, 2.45) is 0 Å². The second-order valence-electron chi connectivity index (χ2n) is 4.47. The third-order valence-corrected chi connectivity index (χ3v) is 3.22. The van der Waals surface area contributed by atoms with Crippen molar-refractivity contribution in [2.75, 3.05) is 11.9 Å². The number of aromatic nitrogens is 3. The number of pyridine rings is 1. The molecule has 5 nitrogen and oxygen atoms in total. The van der Waals surface area contributed by atoms with Crippen molar-refractivity contribution >= 4 is 5.69 Å². The fourth-order valence-corrected chi connectivity index (χ4v) is 2.15. The van der Waals surface area contributed by atoms with Crippen molar-refractivity contribution in [1.82, 2.24) is 14.8 Å². The third kappa shape index (κ3) is 2.22. The molecule has 2 atom stereocenters. The van der Waals surface area contributed by atoms with E-state index >= 15 is 0 Å². The van der Waals surface area contributed by atoms with Crippen molar-refractivity contribution in [1.29, 1.82) is 0 Å². The van der Waals surface area contributed by atoms with Crippen LogP contribution in [0.15, 0.2) is 36.8 Å². The summed E-state index contributed by atoms with van der Waals surface area (Å²) in [6.45, 7) is 2.92. The molecule has 0 bridgehead atoms. The van der Waals surface area contributed by atoms with Crippen LogP contribution in [0.4, 0.5) is 5.69 Å². The third-order valence-electron chi connectivity index (χ3n) is 3.22. The highest BCUT2D eigenvalue weighted by atomic mass is 16.5. The molecule has 1 aliphatic heterocycles. The van der Waals surface area contributed by atoms with Gasteiger partial charge in [-0.2, -0.15) is 5.10 Å². The van der Waals surface area contributed by atoms with Crippen LogP contribution < -0.4 is 5.32 Å². The molecule has 0 aliphatic carbocycles. The number of hydrogen-bond donors (Lipinski definition) is 1. The van der Waals surface area contributed by atoms with Gasteiger partial charge < -0.3 is 10.1 Å². The molecule has 2 aromatic rings. The first kappa shape index (κ1) is 11.2. The van der Waals surface area contributed by atoms with Crippen molar-refractivity contribution in [3.8, 4) is 5.82 Å². The van der Waals surface area contributed by atoms with Gasteiger partial charge in [0.25, 0.3) is 0 Å². The summed E-state index contributed by atoms with van der Waals surface area (Å²) in [7, 11) is 0. The molecule has 5 heteroatoms. The minimum absolute atomic E-state index is 0.260. The first-order valence-corrected chi connectivity index (χ1v) is 6.17. The SMILES string of the molecule is CC1OCCC1Nc1ccc(-n2cccn2)nc1. The minimum atomic E-state index is 0.260. The van der Waals surface area contributed by atoms with E-state index in [9.17, 15) is 0 Å². The lowest BCUT2D eigenvalue weighted by Gasteiger charge is -2.17. The maximum atomic E-state index is 5.52. The molecule has 0 radical (unpaired) electrons. The highest BCUT2D eigenvalue weighted by Gasteiger charge is 2.23. The quantitative estimate of drug-likeness (QED) is 0.895. The van der Waals surface area contributed by atoms with E-state index < -0.39 is 0 Å². The topological polar surface area (TPSA) is 52.0 Å². The standard InChI is InChI=1S/C13H16N4O/c1-10-12(5-8-18-10)16-11-3-4-13(14-9-11)17-7-2-6-15-17/h2-4,6-7,9-10,12,16H,5,8H2,1H3. The molecular weight excluding hydrogens is 228 g/mol. The second kappa shape index (κ2) is 4.78. The molecular formula is C13H16N4O. The Morgan fingerprint density at radius 1 is 1.44 bits per heavy atom. The molecule has 2 unspecified atom stereocenters. The van der Waals surface area contributed by atoms with E-state index in [4.69, 9.17) is 4.74 Å². The molecule has 1 aliphatic rings. The predicted octanol–water partition coefficient (Wildman–Crippen LogP) is 1.86. The van der Waals surface area contributed by atoms with Crippen LogP contribution in [-0.4, -0.2) is 33.5 Å². The lowest BCUT2D eigenvalue weighted by atomic mass is 10.1. The number of anilines is 1. The van der Waals surface area contributed by atoms with Crippen LogP contribution in [0.2, 0.25) is 0 Å². The zero-order valence-electron chi connectivity index (χ0n) is 10.3. The Morgan fingerprint density at radius 2 is 2.39 bits per heavy atom. The Hall–Kier alpha value is -1.88. The van der Waals surface area contributed by atoms with E-state index in [1.807, 2.05) is 30.6 Å². The maximum absolute atomic E-state index is 5.52. The van der Waals surface area contributed by atoms with Crippen LogP contribution in [0.25, 0.3) is 5.82 Å². The number of rotatable bonds is 3. The van der Waals surface area contributed by atoms with Gasteiger partial charge in [0.1, 0.15) is 0 Å². The average molecular weight is 244 g/mol. The molecule has 3 rings (SSSR count). The van der Waals surface area contributed by atoms with Crippen molar-refractivity contribution in [3.63, 3.8) is 0 Å². The molecule has 18 heavy (non-hydrogen) atoms. The van der Waals surface area contributed by atoms with Crippen LogP contribution in [0, 0.1) is 0 Å². The van der Waals surface area contributed by atoms with Gasteiger partial charge in [-0.1, -0.05) is 0 Å². The van der Waals surface area contributed by atoms with Gasteiger partial charge in [0.15, 0.2) is 5.82 Å². The second-order valence-corrected chi connectivity index (χ2v) is 4.47. The normalized spacial score (nSPS) is 23.2. The Balaban J connectivity index is 1.71. The van der Waals surface area contributed by atoms with E-state index in [0.717, 1.165) is 24.5 Å². The van der Waals surface area contributed by atoms with Crippen LogP contribution in [-0.2, 0) is 4.74 Å². The van der Waals surface area contributed by atoms with Gasteiger partial charge >= 0.3 is 0 Å². The largest absolute Gasteiger partial charge is 0.378 e. The first-order chi connectivity index (χ1) is 8.83. The number of nitrogens with one attached hydrogen (secondary N) is 1. The Bertz CT molecular complexity index is 494. The highest BCUT2D eigenvalue weighted by molar-refractivity contribution is 5.44. The molecule has 3 heterocycles. The number of hydrogen-bond acceptors (Lipinski definition) is 4.